The predicted molar refractivity (Wildman–Crippen MR) is 76.0 cm³/mol. The van der Waals surface area contributed by atoms with Crippen molar-refractivity contribution in [3.8, 4) is 0 Å². The lowest BCUT2D eigenvalue weighted by atomic mass is 9.94. The maximum atomic E-state index is 12.0. The van der Waals surface area contributed by atoms with Crippen LogP contribution in [0.4, 0.5) is 0 Å². The number of carbonyl (C=O) groups is 1. The standard InChI is InChI=1S/C15H24N2O2/c1-11(2)6-13(4-5-18)9-17-15(19)14-7-12(3)8-16-10-14/h7-8,10-11,13,18H,4-6,9H2,1-3H3,(H,17,19). The Balaban J connectivity index is 2.51. The zero-order valence-corrected chi connectivity index (χ0v) is 12.0. The Hall–Kier alpha value is -1.42. The van der Waals surface area contributed by atoms with E-state index in [2.05, 4.69) is 24.1 Å². The molecule has 2 N–H and O–H groups in total. The van der Waals surface area contributed by atoms with E-state index in [4.69, 9.17) is 5.11 Å². The number of amides is 1. The molecule has 1 aromatic rings. The van der Waals surface area contributed by atoms with Crippen molar-refractivity contribution in [3.05, 3.63) is 29.6 Å². The monoisotopic (exact) mass is 264 g/mol. The zero-order valence-electron chi connectivity index (χ0n) is 12.0. The maximum absolute atomic E-state index is 12.0. The fourth-order valence-electron chi connectivity index (χ4n) is 2.17. The quantitative estimate of drug-likeness (QED) is 0.793. The molecule has 1 atom stereocenters. The lowest BCUT2D eigenvalue weighted by Gasteiger charge is -2.18. The molecular weight excluding hydrogens is 240 g/mol. The molecule has 19 heavy (non-hydrogen) atoms. The van der Waals surface area contributed by atoms with Gasteiger partial charge in [0.05, 0.1) is 5.56 Å². The first-order valence-corrected chi connectivity index (χ1v) is 6.83. The van der Waals surface area contributed by atoms with E-state index in [0.717, 1.165) is 18.4 Å². The Morgan fingerprint density at radius 2 is 2.16 bits per heavy atom. The van der Waals surface area contributed by atoms with E-state index >= 15 is 0 Å². The molecule has 0 aliphatic rings. The zero-order chi connectivity index (χ0) is 14.3. The molecule has 0 saturated heterocycles. The second-order valence-electron chi connectivity index (χ2n) is 5.47. The Kier molecular flexibility index (Phi) is 6.50. The summed E-state index contributed by atoms with van der Waals surface area (Å²) in [6.45, 7) is 6.98. The van der Waals surface area contributed by atoms with Crippen molar-refractivity contribution < 1.29 is 9.90 Å². The third kappa shape index (κ3) is 5.83. The minimum atomic E-state index is -0.0945. The van der Waals surface area contributed by atoms with Crippen molar-refractivity contribution in [3.63, 3.8) is 0 Å². The van der Waals surface area contributed by atoms with Crippen LogP contribution in [-0.4, -0.2) is 29.1 Å². The highest BCUT2D eigenvalue weighted by Crippen LogP contribution is 2.14. The molecule has 0 radical (unpaired) electrons. The Morgan fingerprint density at radius 3 is 2.74 bits per heavy atom. The van der Waals surface area contributed by atoms with E-state index in [1.54, 1.807) is 12.4 Å². The predicted octanol–water partition coefficient (Wildman–Crippen LogP) is 2.16. The molecule has 0 aromatic carbocycles. The van der Waals surface area contributed by atoms with Gasteiger partial charge in [-0.3, -0.25) is 9.78 Å². The van der Waals surface area contributed by atoms with Gasteiger partial charge in [0.15, 0.2) is 0 Å². The molecule has 1 heterocycles. The molecular formula is C15H24N2O2. The van der Waals surface area contributed by atoms with Crippen molar-refractivity contribution in [1.29, 1.82) is 0 Å². The first kappa shape index (κ1) is 15.6. The van der Waals surface area contributed by atoms with E-state index < -0.39 is 0 Å². The number of nitrogens with one attached hydrogen (secondary N) is 1. The third-order valence-electron chi connectivity index (χ3n) is 3.03. The van der Waals surface area contributed by atoms with Crippen molar-refractivity contribution in [2.24, 2.45) is 11.8 Å². The van der Waals surface area contributed by atoms with Gasteiger partial charge in [0.25, 0.3) is 5.91 Å². The highest BCUT2D eigenvalue weighted by atomic mass is 16.3. The van der Waals surface area contributed by atoms with Crippen molar-refractivity contribution >= 4 is 5.91 Å². The Bertz CT molecular complexity index is 405. The van der Waals surface area contributed by atoms with Crippen LogP contribution in [-0.2, 0) is 0 Å². The summed E-state index contributed by atoms with van der Waals surface area (Å²) < 4.78 is 0. The van der Waals surface area contributed by atoms with Gasteiger partial charge in [0.2, 0.25) is 0 Å². The Labute approximate surface area is 115 Å². The van der Waals surface area contributed by atoms with Gasteiger partial charge < -0.3 is 10.4 Å². The summed E-state index contributed by atoms with van der Waals surface area (Å²) in [5.41, 5.74) is 1.56. The van der Waals surface area contributed by atoms with E-state index in [9.17, 15) is 4.79 Å². The molecule has 0 bridgehead atoms. The molecule has 0 saturated carbocycles. The molecule has 4 heteroatoms. The average Bonchev–Trinajstić information content (AvgIpc) is 2.35. The van der Waals surface area contributed by atoms with Crippen LogP contribution in [0, 0.1) is 18.8 Å². The van der Waals surface area contributed by atoms with Crippen LogP contribution in [0.2, 0.25) is 0 Å². The number of hydrogen-bond acceptors (Lipinski definition) is 3. The smallest absolute Gasteiger partial charge is 0.252 e. The second kappa shape index (κ2) is 7.89. The summed E-state index contributed by atoms with van der Waals surface area (Å²) >= 11 is 0. The number of nitrogens with zero attached hydrogens (tertiary/aromatic N) is 1. The second-order valence-corrected chi connectivity index (χ2v) is 5.47. The topological polar surface area (TPSA) is 62.2 Å². The molecule has 1 unspecified atom stereocenters. The molecule has 4 nitrogen and oxygen atoms in total. The van der Waals surface area contributed by atoms with E-state index in [0.29, 0.717) is 23.9 Å². The van der Waals surface area contributed by atoms with Gasteiger partial charge >= 0.3 is 0 Å². The normalized spacial score (nSPS) is 12.5. The minimum absolute atomic E-state index is 0.0945. The summed E-state index contributed by atoms with van der Waals surface area (Å²) in [4.78, 5) is 16.0. The molecule has 0 spiro atoms. The van der Waals surface area contributed by atoms with Gasteiger partial charge in [-0.1, -0.05) is 13.8 Å². The lowest BCUT2D eigenvalue weighted by molar-refractivity contribution is 0.0941. The number of aliphatic hydroxyl groups excluding tert-OH is 1. The SMILES string of the molecule is Cc1cncc(C(=O)NCC(CCO)CC(C)C)c1. The number of rotatable bonds is 7. The Morgan fingerprint density at radius 1 is 1.42 bits per heavy atom. The van der Waals surface area contributed by atoms with E-state index in [1.165, 1.54) is 0 Å². The highest BCUT2D eigenvalue weighted by molar-refractivity contribution is 5.93. The number of hydrogen-bond donors (Lipinski definition) is 2. The lowest BCUT2D eigenvalue weighted by Crippen LogP contribution is -2.30. The molecule has 1 amide bonds. The van der Waals surface area contributed by atoms with Crippen LogP contribution < -0.4 is 5.32 Å². The van der Waals surface area contributed by atoms with Crippen LogP contribution in [0.5, 0.6) is 0 Å². The third-order valence-corrected chi connectivity index (χ3v) is 3.03. The number of aliphatic hydroxyl groups is 1. The fourth-order valence-corrected chi connectivity index (χ4v) is 2.17. The summed E-state index contributed by atoms with van der Waals surface area (Å²) in [5.74, 6) is 0.795. The van der Waals surface area contributed by atoms with Gasteiger partial charge in [-0.2, -0.15) is 0 Å². The largest absolute Gasteiger partial charge is 0.396 e. The van der Waals surface area contributed by atoms with Gasteiger partial charge in [-0.05, 0) is 43.2 Å². The summed E-state index contributed by atoms with van der Waals surface area (Å²) in [7, 11) is 0. The molecule has 1 rings (SSSR count). The van der Waals surface area contributed by atoms with Crippen molar-refractivity contribution in [2.45, 2.75) is 33.6 Å². The number of pyridine rings is 1. The van der Waals surface area contributed by atoms with E-state index in [1.807, 2.05) is 13.0 Å². The molecule has 1 aromatic heterocycles. The van der Waals surface area contributed by atoms with Gasteiger partial charge in [-0.25, -0.2) is 0 Å². The van der Waals surface area contributed by atoms with Crippen molar-refractivity contribution in [2.75, 3.05) is 13.2 Å². The maximum Gasteiger partial charge on any atom is 0.252 e. The fraction of sp³-hybridized carbons (Fsp3) is 0.600. The van der Waals surface area contributed by atoms with Gasteiger partial charge in [0, 0.05) is 25.5 Å². The number of carbonyl (C=O) groups excluding carboxylic acids is 1. The molecule has 0 aliphatic carbocycles. The van der Waals surface area contributed by atoms with Gasteiger partial charge in [-0.15, -0.1) is 0 Å². The van der Waals surface area contributed by atoms with E-state index in [-0.39, 0.29) is 12.5 Å². The van der Waals surface area contributed by atoms with Crippen LogP contribution in [0.3, 0.4) is 0 Å². The summed E-state index contributed by atoms with van der Waals surface area (Å²) in [5, 5.41) is 12.0. The minimum Gasteiger partial charge on any atom is -0.396 e. The number of aromatic nitrogens is 1. The van der Waals surface area contributed by atoms with Crippen LogP contribution in [0.25, 0.3) is 0 Å². The summed E-state index contributed by atoms with van der Waals surface area (Å²) in [6, 6.07) is 1.83. The van der Waals surface area contributed by atoms with Crippen LogP contribution >= 0.6 is 0 Å². The first-order chi connectivity index (χ1) is 9.02. The highest BCUT2D eigenvalue weighted by Gasteiger charge is 2.13. The number of aryl methyl sites for hydroxylation is 1. The van der Waals surface area contributed by atoms with Crippen LogP contribution in [0.15, 0.2) is 18.5 Å². The first-order valence-electron chi connectivity index (χ1n) is 6.83. The van der Waals surface area contributed by atoms with Gasteiger partial charge in [0.1, 0.15) is 0 Å². The summed E-state index contributed by atoms with van der Waals surface area (Å²) in [6.07, 6.45) is 5.04. The molecule has 0 aliphatic heterocycles. The van der Waals surface area contributed by atoms with Crippen LogP contribution in [0.1, 0.15) is 42.6 Å². The average molecular weight is 264 g/mol. The molecule has 106 valence electrons. The van der Waals surface area contributed by atoms with Crippen molar-refractivity contribution in [1.82, 2.24) is 10.3 Å². The molecule has 0 fully saturated rings.